The molecule has 0 bridgehead atoms. The van der Waals surface area contributed by atoms with Crippen molar-refractivity contribution in [3.63, 3.8) is 0 Å². The molecule has 0 spiro atoms. The van der Waals surface area contributed by atoms with Crippen LogP contribution in [0.3, 0.4) is 0 Å². The van der Waals surface area contributed by atoms with Crippen molar-refractivity contribution in [1.29, 1.82) is 0 Å². The Bertz CT molecular complexity index is 3810. The first-order valence-corrected chi connectivity index (χ1v) is 27.1. The number of anilines is 6. The van der Waals surface area contributed by atoms with Crippen LogP contribution in [0.25, 0.3) is 76.8 Å². The zero-order valence-electron chi connectivity index (χ0n) is 45.0. The van der Waals surface area contributed by atoms with E-state index >= 15 is 0 Å². The summed E-state index contributed by atoms with van der Waals surface area (Å²) in [5.74, 6) is 0.468. The smallest absolute Gasteiger partial charge is 0.0575 e. The summed E-state index contributed by atoms with van der Waals surface area (Å²) in [5, 5.41) is 7.66. The fourth-order valence-corrected chi connectivity index (χ4v) is 12.2. The van der Waals surface area contributed by atoms with E-state index < -0.39 is 0 Å². The van der Waals surface area contributed by atoms with E-state index in [4.69, 9.17) is 0 Å². The van der Waals surface area contributed by atoms with E-state index in [2.05, 4.69) is 296 Å². The first-order valence-electron chi connectivity index (χ1n) is 27.1. The molecule has 370 valence electrons. The van der Waals surface area contributed by atoms with Gasteiger partial charge in [0.2, 0.25) is 0 Å². The number of aryl methyl sites for hydroxylation is 2. The van der Waals surface area contributed by atoms with Crippen LogP contribution in [0, 0.1) is 27.7 Å². The van der Waals surface area contributed by atoms with Crippen molar-refractivity contribution in [3.8, 4) is 44.5 Å². The maximum absolute atomic E-state index is 2.60. The summed E-state index contributed by atoms with van der Waals surface area (Å²) in [6.45, 7) is 18.5. The van der Waals surface area contributed by atoms with Crippen LogP contribution >= 0.6 is 0 Å². The Kier molecular flexibility index (Phi) is 12.6. The minimum atomic E-state index is 0.234. The van der Waals surface area contributed by atoms with Crippen LogP contribution in [0.5, 0.6) is 0 Å². The second-order valence-corrected chi connectivity index (χ2v) is 21.4. The highest BCUT2D eigenvalue weighted by molar-refractivity contribution is 6.30. The number of benzene rings is 12. The van der Waals surface area contributed by atoms with Crippen LogP contribution in [0.4, 0.5) is 34.1 Å². The molecule has 0 N–H and O–H groups in total. The number of nitrogens with zero attached hydrogens (tertiary/aromatic N) is 2. The number of rotatable bonds is 12. The number of hydrogen-bond donors (Lipinski definition) is 0. The van der Waals surface area contributed by atoms with Crippen molar-refractivity contribution >= 4 is 66.4 Å². The third-order valence-corrected chi connectivity index (χ3v) is 15.8. The summed E-state index contributed by atoms with van der Waals surface area (Å²) in [6, 6.07) is 86.0. The highest BCUT2D eigenvalue weighted by atomic mass is 15.2. The van der Waals surface area contributed by atoms with Crippen molar-refractivity contribution in [1.82, 2.24) is 0 Å². The second kappa shape index (κ2) is 19.9. The highest BCUT2D eigenvalue weighted by Crippen LogP contribution is 2.55. The average molecular weight is 981 g/mol. The minimum Gasteiger partial charge on any atom is -0.309 e. The molecular formula is C74H64N2. The lowest BCUT2D eigenvalue weighted by molar-refractivity contribution is 0.875. The summed E-state index contributed by atoms with van der Waals surface area (Å²) >= 11 is 0. The summed E-state index contributed by atoms with van der Waals surface area (Å²) in [7, 11) is 0. The molecule has 2 heteroatoms. The topological polar surface area (TPSA) is 6.48 Å². The Labute approximate surface area is 449 Å². The molecule has 0 fully saturated rings. The Morgan fingerprint density at radius 1 is 0.289 bits per heavy atom. The fourth-order valence-electron chi connectivity index (χ4n) is 12.2. The van der Waals surface area contributed by atoms with Crippen LogP contribution in [0.1, 0.15) is 72.9 Å². The largest absolute Gasteiger partial charge is 0.309 e. The summed E-state index contributed by atoms with van der Waals surface area (Å²) < 4.78 is 0. The molecule has 0 aliphatic carbocycles. The van der Waals surface area contributed by atoms with Crippen LogP contribution in [0.15, 0.2) is 231 Å². The van der Waals surface area contributed by atoms with Gasteiger partial charge < -0.3 is 9.80 Å². The molecule has 0 saturated heterocycles. The minimum absolute atomic E-state index is 0.234. The Morgan fingerprint density at radius 2 is 0.605 bits per heavy atom. The maximum Gasteiger partial charge on any atom is 0.0575 e. The molecule has 0 unspecified atom stereocenters. The highest BCUT2D eigenvalue weighted by Gasteiger charge is 2.30. The van der Waals surface area contributed by atoms with Crippen LogP contribution < -0.4 is 9.80 Å². The van der Waals surface area contributed by atoms with Gasteiger partial charge >= 0.3 is 0 Å². The lowest BCUT2D eigenvalue weighted by Crippen LogP contribution is -2.16. The second-order valence-electron chi connectivity index (χ2n) is 21.4. The molecule has 0 aliphatic rings. The molecule has 0 atom stereocenters. The van der Waals surface area contributed by atoms with Crippen molar-refractivity contribution in [2.45, 2.75) is 67.2 Å². The van der Waals surface area contributed by atoms with Gasteiger partial charge in [0.05, 0.1) is 22.7 Å². The van der Waals surface area contributed by atoms with E-state index in [0.29, 0.717) is 0 Å². The van der Waals surface area contributed by atoms with Crippen molar-refractivity contribution < 1.29 is 0 Å². The van der Waals surface area contributed by atoms with Crippen LogP contribution in [-0.2, 0) is 0 Å². The summed E-state index contributed by atoms with van der Waals surface area (Å²) in [6.07, 6.45) is 0. The van der Waals surface area contributed by atoms with Gasteiger partial charge in [-0.25, -0.2) is 0 Å². The normalized spacial score (nSPS) is 11.7. The molecule has 0 aliphatic heterocycles. The van der Waals surface area contributed by atoms with Crippen molar-refractivity contribution in [2.75, 3.05) is 9.80 Å². The fraction of sp³-hybridized carbons (Fsp3) is 0.135. The first kappa shape index (κ1) is 48.2. The van der Waals surface area contributed by atoms with E-state index in [1.807, 2.05) is 0 Å². The molecule has 12 rings (SSSR count). The lowest BCUT2D eigenvalue weighted by Gasteiger charge is -2.34. The summed E-state index contributed by atoms with van der Waals surface area (Å²) in [4.78, 5) is 5.20. The van der Waals surface area contributed by atoms with Gasteiger partial charge in [0, 0.05) is 33.3 Å². The zero-order valence-corrected chi connectivity index (χ0v) is 45.0. The van der Waals surface area contributed by atoms with Gasteiger partial charge in [-0.05, 0) is 164 Å². The first-order chi connectivity index (χ1) is 37.0. The van der Waals surface area contributed by atoms with E-state index in [9.17, 15) is 0 Å². The molecule has 0 heterocycles. The molecule has 76 heavy (non-hydrogen) atoms. The van der Waals surface area contributed by atoms with Gasteiger partial charge in [0.1, 0.15) is 0 Å². The molecule has 12 aromatic rings. The number of hydrogen-bond acceptors (Lipinski definition) is 2. The lowest BCUT2D eigenvalue weighted by atomic mass is 9.83. The molecule has 2 nitrogen and oxygen atoms in total. The molecule has 12 aromatic carbocycles. The van der Waals surface area contributed by atoms with Crippen LogP contribution in [-0.4, -0.2) is 0 Å². The van der Waals surface area contributed by atoms with Gasteiger partial charge in [-0.3, -0.25) is 0 Å². The van der Waals surface area contributed by atoms with Crippen molar-refractivity contribution in [3.05, 3.63) is 264 Å². The third kappa shape index (κ3) is 8.39. The Balaban J connectivity index is 1.23. The SMILES string of the molecule is Cc1cccc(N(c2c(-c3ccccc3)ccc(-c3ccccc3)c2C)c2cc(C(C)C)c3ccc4c(N(c5cccc(C)c5)c5c(-c6ccccc6)ccc(-c6ccccc6)c5C)cc(C(C)C)c5ccc2c3c54)c1. The predicted molar refractivity (Wildman–Crippen MR) is 328 cm³/mol. The standard InChI is InChI=1S/C74H64N2/c1-47(2)67-45-69(75(57-33-21-23-49(5)43-57)73-51(7)59(53-25-13-9-14-26-53)35-37-61(73)55-29-17-11-18-30-55)65-42-40-64-68(48(3)4)46-70(66-41-39-63(67)71(65)72(64)66)76(58-34-22-24-50(6)44-58)74-52(8)60(54-27-15-10-16-28-54)36-38-62(74)56-31-19-12-20-32-56/h9-48H,1-8H3. The van der Waals surface area contributed by atoms with Gasteiger partial charge in [-0.15, -0.1) is 0 Å². The predicted octanol–water partition coefficient (Wildman–Crippen LogP) is 21.7. The molecule has 0 aromatic heterocycles. The quantitative estimate of drug-likeness (QED) is 0.113. The maximum atomic E-state index is 2.60. The van der Waals surface area contributed by atoms with Crippen LogP contribution in [0.2, 0.25) is 0 Å². The monoisotopic (exact) mass is 981 g/mol. The van der Waals surface area contributed by atoms with Gasteiger partial charge in [0.15, 0.2) is 0 Å². The average Bonchev–Trinajstić information content (AvgIpc) is 3.64. The van der Waals surface area contributed by atoms with E-state index in [-0.39, 0.29) is 11.8 Å². The van der Waals surface area contributed by atoms with Gasteiger partial charge in [0.25, 0.3) is 0 Å². The molecule has 0 amide bonds. The van der Waals surface area contributed by atoms with E-state index in [0.717, 1.165) is 11.4 Å². The van der Waals surface area contributed by atoms with Crippen molar-refractivity contribution in [2.24, 2.45) is 0 Å². The van der Waals surface area contributed by atoms with E-state index in [1.165, 1.54) is 133 Å². The zero-order chi connectivity index (χ0) is 52.2. The Hall–Kier alpha value is -8.72. The van der Waals surface area contributed by atoms with Gasteiger partial charge in [-0.1, -0.05) is 222 Å². The third-order valence-electron chi connectivity index (χ3n) is 15.8. The van der Waals surface area contributed by atoms with Gasteiger partial charge in [-0.2, -0.15) is 0 Å². The Morgan fingerprint density at radius 3 is 0.934 bits per heavy atom. The molecular weight excluding hydrogens is 917 g/mol. The molecule has 0 radical (unpaired) electrons. The van der Waals surface area contributed by atoms with E-state index in [1.54, 1.807) is 0 Å². The molecule has 0 saturated carbocycles. The summed E-state index contributed by atoms with van der Waals surface area (Å²) in [5.41, 5.74) is 24.1.